The third-order valence-corrected chi connectivity index (χ3v) is 9.35. The number of nitrogens with one attached hydrogen (secondary N) is 1. The van der Waals surface area contributed by atoms with E-state index in [9.17, 15) is 4.79 Å². The van der Waals surface area contributed by atoms with Crippen LogP contribution in [0.15, 0.2) is 42.5 Å². The Morgan fingerprint density at radius 1 is 1.07 bits per heavy atom. The number of carbonyl (C=O) groups is 1. The lowest BCUT2D eigenvalue weighted by atomic mass is 9.48. The number of amides is 1. The van der Waals surface area contributed by atoms with Crippen molar-refractivity contribution in [3.8, 4) is 5.00 Å². The second kappa shape index (κ2) is 6.71. The molecule has 1 amide bonds. The summed E-state index contributed by atoms with van der Waals surface area (Å²) in [5.41, 5.74) is 2.75. The fraction of sp³-hybridized carbons (Fsp3) is 0.500. The Hall–Kier alpha value is -2.07. The smallest absolute Gasteiger partial charge is 0.261 e. The first-order valence-electron chi connectivity index (χ1n) is 11.5. The second-order valence-electron chi connectivity index (χ2n) is 10.3. The van der Waals surface area contributed by atoms with Gasteiger partial charge in [-0.15, -0.1) is 11.3 Å². The van der Waals surface area contributed by atoms with E-state index >= 15 is 0 Å². The Morgan fingerprint density at radius 2 is 1.73 bits per heavy atom. The first kappa shape index (κ1) is 18.7. The third-order valence-electron chi connectivity index (χ3n) is 8.28. The van der Waals surface area contributed by atoms with Crippen LogP contribution in [0.25, 0.3) is 15.9 Å². The molecule has 0 unspecified atom stereocenters. The normalized spacial score (nSPS) is 30.7. The van der Waals surface area contributed by atoms with Crippen LogP contribution < -0.4 is 5.32 Å². The van der Waals surface area contributed by atoms with Gasteiger partial charge >= 0.3 is 0 Å². The molecule has 1 aromatic carbocycles. The molecule has 7 rings (SSSR count). The van der Waals surface area contributed by atoms with Crippen molar-refractivity contribution >= 4 is 28.1 Å². The van der Waals surface area contributed by atoms with Crippen LogP contribution >= 0.6 is 11.3 Å². The van der Waals surface area contributed by atoms with E-state index in [-0.39, 0.29) is 11.9 Å². The number of thiophene rings is 1. The lowest BCUT2D eigenvalue weighted by Crippen LogP contribution is -2.55. The molecule has 30 heavy (non-hydrogen) atoms. The summed E-state index contributed by atoms with van der Waals surface area (Å²) in [6.45, 7) is 4.40. The van der Waals surface area contributed by atoms with Gasteiger partial charge in [-0.25, -0.2) is 0 Å². The molecular weight excluding hydrogens is 388 g/mol. The fourth-order valence-electron chi connectivity index (χ4n) is 7.28. The van der Waals surface area contributed by atoms with Gasteiger partial charge in [0.15, 0.2) is 0 Å². The summed E-state index contributed by atoms with van der Waals surface area (Å²) in [6, 6.07) is 15.0. The molecule has 2 heterocycles. The minimum Gasteiger partial charge on any atom is -0.348 e. The Bertz CT molecular complexity index is 1090. The minimum absolute atomic E-state index is 0.101. The van der Waals surface area contributed by atoms with Crippen LogP contribution in [0.5, 0.6) is 0 Å². The molecule has 3 nitrogen and oxygen atoms in total. The van der Waals surface area contributed by atoms with Crippen molar-refractivity contribution in [2.24, 2.45) is 23.2 Å². The van der Waals surface area contributed by atoms with Crippen LogP contribution in [-0.2, 0) is 0 Å². The minimum atomic E-state index is 0.101. The molecule has 1 atom stereocenters. The molecule has 4 saturated carbocycles. The van der Waals surface area contributed by atoms with Gasteiger partial charge < -0.3 is 9.88 Å². The van der Waals surface area contributed by atoms with Crippen molar-refractivity contribution in [1.29, 1.82) is 0 Å². The molecular formula is C26H30N2OS. The Labute approximate surface area is 182 Å². The van der Waals surface area contributed by atoms with E-state index in [0.717, 1.165) is 27.6 Å². The van der Waals surface area contributed by atoms with E-state index < -0.39 is 0 Å². The zero-order chi connectivity index (χ0) is 20.5. The van der Waals surface area contributed by atoms with Gasteiger partial charge in [-0.05, 0) is 99.8 Å². The maximum absolute atomic E-state index is 13.2. The number of aryl methyl sites for hydroxylation is 1. The molecule has 0 spiro atoms. The molecule has 3 aromatic rings. The van der Waals surface area contributed by atoms with Crippen molar-refractivity contribution in [1.82, 2.24) is 9.88 Å². The summed E-state index contributed by atoms with van der Waals surface area (Å²) in [6.07, 6.45) is 8.30. The SMILES string of the molecule is Cc1cc2ccccc2n1-c1ccc(C(=O)N[C@@H](C)C23CC4CC(CC(C4)C2)C3)s1. The topological polar surface area (TPSA) is 34.0 Å². The van der Waals surface area contributed by atoms with Gasteiger partial charge in [0.05, 0.1) is 10.4 Å². The molecule has 2 aromatic heterocycles. The number of hydrogen-bond acceptors (Lipinski definition) is 2. The van der Waals surface area contributed by atoms with Gasteiger partial charge in [-0.1, -0.05) is 18.2 Å². The molecule has 0 aliphatic heterocycles. The number of rotatable bonds is 4. The highest BCUT2D eigenvalue weighted by atomic mass is 32.1. The molecule has 0 radical (unpaired) electrons. The summed E-state index contributed by atoms with van der Waals surface area (Å²) in [5, 5.41) is 5.78. The van der Waals surface area contributed by atoms with E-state index in [1.807, 2.05) is 6.07 Å². The number of nitrogens with zero attached hydrogens (tertiary/aromatic N) is 1. The number of hydrogen-bond donors (Lipinski definition) is 1. The average Bonchev–Trinajstić information content (AvgIpc) is 3.30. The standard InChI is InChI=1S/C26H30N2OS/c1-16-9-21-5-3-4-6-22(21)28(16)24-8-7-23(30-24)25(29)27-17(2)26-13-18-10-19(14-26)12-20(11-18)15-26/h3-9,17-20H,10-15H2,1-2H3,(H,27,29)/t17-,18?,19?,20?,26?/m0/s1. The van der Waals surface area contributed by atoms with Crippen LogP contribution in [0.3, 0.4) is 0 Å². The summed E-state index contributed by atoms with van der Waals surface area (Å²) in [7, 11) is 0. The van der Waals surface area contributed by atoms with Gasteiger partial charge in [0.2, 0.25) is 0 Å². The van der Waals surface area contributed by atoms with E-state index in [1.165, 1.54) is 55.1 Å². The number of carbonyl (C=O) groups excluding carboxylic acids is 1. The summed E-state index contributed by atoms with van der Waals surface area (Å²) in [4.78, 5) is 14.0. The van der Waals surface area contributed by atoms with Crippen molar-refractivity contribution in [2.45, 2.75) is 58.4 Å². The van der Waals surface area contributed by atoms with Crippen molar-refractivity contribution < 1.29 is 4.79 Å². The van der Waals surface area contributed by atoms with Crippen LogP contribution in [-0.4, -0.2) is 16.5 Å². The molecule has 4 aliphatic rings. The molecule has 4 heteroatoms. The van der Waals surface area contributed by atoms with E-state index in [2.05, 4.69) is 60.1 Å². The van der Waals surface area contributed by atoms with Gasteiger partial charge in [-0.3, -0.25) is 4.79 Å². The fourth-order valence-corrected chi connectivity index (χ4v) is 8.27. The second-order valence-corrected chi connectivity index (χ2v) is 11.4. The average molecular weight is 419 g/mol. The highest BCUT2D eigenvalue weighted by Crippen LogP contribution is 2.61. The number of benzene rings is 1. The zero-order valence-corrected chi connectivity index (χ0v) is 18.7. The maximum atomic E-state index is 13.2. The van der Waals surface area contributed by atoms with E-state index in [4.69, 9.17) is 0 Å². The molecule has 4 fully saturated rings. The predicted octanol–water partition coefficient (Wildman–Crippen LogP) is 6.34. The Kier molecular flexibility index (Phi) is 4.18. The van der Waals surface area contributed by atoms with Crippen molar-refractivity contribution in [2.75, 3.05) is 0 Å². The van der Waals surface area contributed by atoms with Gasteiger partial charge in [0.1, 0.15) is 5.00 Å². The Morgan fingerprint density at radius 3 is 2.43 bits per heavy atom. The highest BCUT2D eigenvalue weighted by molar-refractivity contribution is 7.16. The summed E-state index contributed by atoms with van der Waals surface area (Å²) < 4.78 is 2.26. The van der Waals surface area contributed by atoms with Crippen LogP contribution in [0.1, 0.15) is 60.8 Å². The molecule has 0 saturated heterocycles. The first-order valence-corrected chi connectivity index (χ1v) is 12.3. The van der Waals surface area contributed by atoms with Gasteiger partial charge in [0.25, 0.3) is 5.91 Å². The summed E-state index contributed by atoms with van der Waals surface area (Å²) >= 11 is 1.60. The van der Waals surface area contributed by atoms with Crippen LogP contribution in [0.2, 0.25) is 0 Å². The lowest BCUT2D eigenvalue weighted by molar-refractivity contribution is -0.0687. The molecule has 4 bridgehead atoms. The quantitative estimate of drug-likeness (QED) is 0.527. The monoisotopic (exact) mass is 418 g/mol. The van der Waals surface area contributed by atoms with Crippen molar-refractivity contribution in [3.63, 3.8) is 0 Å². The third kappa shape index (κ3) is 2.87. The number of para-hydroxylation sites is 1. The Balaban J connectivity index is 1.23. The lowest BCUT2D eigenvalue weighted by Gasteiger charge is -2.59. The van der Waals surface area contributed by atoms with Gasteiger partial charge in [0, 0.05) is 17.1 Å². The zero-order valence-electron chi connectivity index (χ0n) is 17.9. The van der Waals surface area contributed by atoms with Crippen LogP contribution in [0.4, 0.5) is 0 Å². The highest BCUT2D eigenvalue weighted by Gasteiger charge is 2.53. The first-order chi connectivity index (χ1) is 14.5. The van der Waals surface area contributed by atoms with Gasteiger partial charge in [-0.2, -0.15) is 0 Å². The number of aromatic nitrogens is 1. The van der Waals surface area contributed by atoms with Crippen LogP contribution in [0, 0.1) is 30.1 Å². The van der Waals surface area contributed by atoms with E-state index in [0.29, 0.717) is 5.41 Å². The molecule has 156 valence electrons. The largest absolute Gasteiger partial charge is 0.348 e. The molecule has 4 aliphatic carbocycles. The number of fused-ring (bicyclic) bond motifs is 1. The van der Waals surface area contributed by atoms with E-state index in [1.54, 1.807) is 11.3 Å². The summed E-state index contributed by atoms with van der Waals surface area (Å²) in [5.74, 6) is 2.83. The van der Waals surface area contributed by atoms with Crippen molar-refractivity contribution in [3.05, 3.63) is 53.0 Å². The molecule has 1 N–H and O–H groups in total. The predicted molar refractivity (Wildman–Crippen MR) is 123 cm³/mol. The maximum Gasteiger partial charge on any atom is 0.261 e.